The molecule has 0 atom stereocenters. The predicted octanol–water partition coefficient (Wildman–Crippen LogP) is 3.11. The molecule has 160 valence electrons. The van der Waals surface area contributed by atoms with Crippen molar-refractivity contribution in [3.05, 3.63) is 59.8 Å². The van der Waals surface area contributed by atoms with Crippen LogP contribution in [0.1, 0.15) is 16.1 Å². The lowest BCUT2D eigenvalue weighted by Gasteiger charge is -2.11. The number of benzene rings is 2. The summed E-state index contributed by atoms with van der Waals surface area (Å²) in [4.78, 5) is 21.2. The lowest BCUT2D eigenvalue weighted by molar-refractivity contribution is 0.0954. The van der Waals surface area contributed by atoms with Crippen LogP contribution in [0, 0.1) is 6.92 Å². The molecule has 1 aliphatic heterocycles. The summed E-state index contributed by atoms with van der Waals surface area (Å²) in [6.45, 7) is 2.96. The van der Waals surface area contributed by atoms with E-state index in [0.29, 0.717) is 41.9 Å². The second kappa shape index (κ2) is 9.21. The van der Waals surface area contributed by atoms with Gasteiger partial charge in [0.25, 0.3) is 5.91 Å². The van der Waals surface area contributed by atoms with Gasteiger partial charge >= 0.3 is 0 Å². The highest BCUT2D eigenvalue weighted by molar-refractivity contribution is 5.94. The van der Waals surface area contributed by atoms with Crippen LogP contribution in [-0.2, 0) is 0 Å². The zero-order chi connectivity index (χ0) is 21.6. The Morgan fingerprint density at radius 2 is 1.84 bits per heavy atom. The van der Waals surface area contributed by atoms with E-state index in [1.54, 1.807) is 25.3 Å². The Bertz CT molecular complexity index is 1070. The van der Waals surface area contributed by atoms with Crippen molar-refractivity contribution in [3.8, 4) is 17.2 Å². The van der Waals surface area contributed by atoms with Crippen LogP contribution in [0.3, 0.4) is 0 Å². The summed E-state index contributed by atoms with van der Waals surface area (Å²) in [5.74, 6) is 2.98. The van der Waals surface area contributed by atoms with E-state index in [2.05, 4.69) is 25.9 Å². The number of ether oxygens (including phenoxy) is 3. The molecular formula is C22H23N5O4. The maximum absolute atomic E-state index is 12.3. The number of aryl methyl sites for hydroxylation is 1. The van der Waals surface area contributed by atoms with Crippen LogP contribution in [0.5, 0.6) is 17.2 Å². The Morgan fingerprint density at radius 3 is 2.65 bits per heavy atom. The summed E-state index contributed by atoms with van der Waals surface area (Å²) in [6, 6.07) is 14.5. The lowest BCUT2D eigenvalue weighted by Crippen LogP contribution is -2.29. The molecule has 1 aromatic heterocycles. The molecule has 1 aliphatic rings. The molecule has 31 heavy (non-hydrogen) atoms. The summed E-state index contributed by atoms with van der Waals surface area (Å²) < 4.78 is 15.7. The van der Waals surface area contributed by atoms with Gasteiger partial charge in [0.1, 0.15) is 11.6 Å². The van der Waals surface area contributed by atoms with Gasteiger partial charge in [-0.2, -0.15) is 4.98 Å². The fraction of sp³-hybridized carbons (Fsp3) is 0.227. The Balaban J connectivity index is 1.29. The number of aromatic nitrogens is 2. The van der Waals surface area contributed by atoms with Gasteiger partial charge in [0, 0.05) is 36.1 Å². The van der Waals surface area contributed by atoms with E-state index in [1.165, 1.54) is 0 Å². The summed E-state index contributed by atoms with van der Waals surface area (Å²) in [5, 5.41) is 9.24. The van der Waals surface area contributed by atoms with Crippen LogP contribution in [-0.4, -0.2) is 42.9 Å². The molecule has 0 bridgehead atoms. The minimum absolute atomic E-state index is 0.177. The molecule has 0 spiro atoms. The van der Waals surface area contributed by atoms with E-state index in [-0.39, 0.29) is 12.7 Å². The summed E-state index contributed by atoms with van der Waals surface area (Å²) in [6.07, 6.45) is 0. The van der Waals surface area contributed by atoms with Gasteiger partial charge in [-0.15, -0.1) is 0 Å². The Morgan fingerprint density at radius 1 is 1.03 bits per heavy atom. The molecule has 0 radical (unpaired) electrons. The molecule has 9 heteroatoms. The van der Waals surface area contributed by atoms with E-state index < -0.39 is 0 Å². The monoisotopic (exact) mass is 421 g/mol. The highest BCUT2D eigenvalue weighted by Crippen LogP contribution is 2.32. The number of nitrogens with one attached hydrogen (secondary N) is 3. The molecule has 0 fully saturated rings. The van der Waals surface area contributed by atoms with Gasteiger partial charge in [0.15, 0.2) is 11.5 Å². The first kappa shape index (κ1) is 20.3. The van der Waals surface area contributed by atoms with E-state index in [9.17, 15) is 4.79 Å². The smallest absolute Gasteiger partial charge is 0.251 e. The normalized spacial score (nSPS) is 11.7. The van der Waals surface area contributed by atoms with Crippen molar-refractivity contribution in [2.24, 2.45) is 0 Å². The molecule has 0 unspecified atom stereocenters. The molecule has 3 aromatic rings. The third kappa shape index (κ3) is 5.13. The second-order valence-corrected chi connectivity index (χ2v) is 6.82. The number of hydrogen-bond acceptors (Lipinski definition) is 8. The number of hydrogen-bond donors (Lipinski definition) is 3. The van der Waals surface area contributed by atoms with Gasteiger partial charge in [-0.05, 0) is 49.4 Å². The van der Waals surface area contributed by atoms with Gasteiger partial charge in [-0.3, -0.25) is 4.79 Å². The maximum atomic E-state index is 12.3. The highest BCUT2D eigenvalue weighted by Gasteiger charge is 2.16. The zero-order valence-electron chi connectivity index (χ0n) is 17.3. The van der Waals surface area contributed by atoms with Crippen LogP contribution in [0.2, 0.25) is 0 Å². The van der Waals surface area contributed by atoms with E-state index in [1.807, 2.05) is 37.3 Å². The molecule has 9 nitrogen and oxygen atoms in total. The number of anilines is 3. The number of carbonyl (C=O) groups is 1. The zero-order valence-corrected chi connectivity index (χ0v) is 17.3. The Kier molecular flexibility index (Phi) is 6.02. The van der Waals surface area contributed by atoms with Gasteiger partial charge < -0.3 is 30.2 Å². The molecule has 0 saturated heterocycles. The van der Waals surface area contributed by atoms with Crippen LogP contribution >= 0.6 is 0 Å². The predicted molar refractivity (Wildman–Crippen MR) is 116 cm³/mol. The number of nitrogens with zero attached hydrogens (tertiary/aromatic N) is 2. The lowest BCUT2D eigenvalue weighted by atomic mass is 10.2. The third-order valence-electron chi connectivity index (χ3n) is 4.55. The quantitative estimate of drug-likeness (QED) is 0.477. The van der Waals surface area contributed by atoms with Crippen molar-refractivity contribution in [1.82, 2.24) is 15.3 Å². The topological polar surface area (TPSA) is 107 Å². The number of fused-ring (bicyclic) bond motifs is 1. The van der Waals surface area contributed by atoms with Gasteiger partial charge in [0.05, 0.1) is 7.11 Å². The van der Waals surface area contributed by atoms with Crippen molar-refractivity contribution in [2.75, 3.05) is 37.6 Å². The largest absolute Gasteiger partial charge is 0.497 e. The van der Waals surface area contributed by atoms with E-state index in [0.717, 1.165) is 17.1 Å². The minimum atomic E-state index is -0.188. The van der Waals surface area contributed by atoms with Gasteiger partial charge in [-0.25, -0.2) is 4.98 Å². The van der Waals surface area contributed by atoms with Crippen molar-refractivity contribution in [3.63, 3.8) is 0 Å². The maximum Gasteiger partial charge on any atom is 0.251 e. The minimum Gasteiger partial charge on any atom is -0.497 e. The fourth-order valence-corrected chi connectivity index (χ4v) is 3.02. The van der Waals surface area contributed by atoms with Crippen LogP contribution in [0.15, 0.2) is 48.5 Å². The standard InChI is InChI=1S/C22H23N5O4/c1-14-11-20(26-16-4-6-17(29-2)7-5-16)27-22(25-14)24-10-9-23-21(28)15-3-8-18-19(12-15)31-13-30-18/h3-8,11-12H,9-10,13H2,1-2H3,(H,23,28)(H2,24,25,26,27). The SMILES string of the molecule is COc1ccc(Nc2cc(C)nc(NCCNC(=O)c3ccc4c(c3)OCO4)n2)cc1. The molecule has 4 rings (SSSR count). The van der Waals surface area contributed by atoms with Gasteiger partial charge in [0.2, 0.25) is 12.7 Å². The van der Waals surface area contributed by atoms with Crippen LogP contribution in [0.25, 0.3) is 0 Å². The molecule has 2 aromatic carbocycles. The van der Waals surface area contributed by atoms with E-state index in [4.69, 9.17) is 14.2 Å². The second-order valence-electron chi connectivity index (χ2n) is 6.82. The molecular weight excluding hydrogens is 398 g/mol. The first-order valence-corrected chi connectivity index (χ1v) is 9.79. The molecule has 0 saturated carbocycles. The Labute approximate surface area is 179 Å². The third-order valence-corrected chi connectivity index (χ3v) is 4.55. The van der Waals surface area contributed by atoms with Crippen molar-refractivity contribution in [1.29, 1.82) is 0 Å². The average molecular weight is 421 g/mol. The average Bonchev–Trinajstić information content (AvgIpc) is 3.25. The number of rotatable bonds is 8. The van der Waals surface area contributed by atoms with E-state index >= 15 is 0 Å². The Hall–Kier alpha value is -4.01. The summed E-state index contributed by atoms with van der Waals surface area (Å²) in [5.41, 5.74) is 2.22. The first-order chi connectivity index (χ1) is 15.1. The van der Waals surface area contributed by atoms with Gasteiger partial charge in [-0.1, -0.05) is 0 Å². The number of methoxy groups -OCH3 is 1. The van der Waals surface area contributed by atoms with Crippen molar-refractivity contribution < 1.29 is 19.0 Å². The van der Waals surface area contributed by atoms with Crippen LogP contribution in [0.4, 0.5) is 17.5 Å². The van der Waals surface area contributed by atoms with Crippen molar-refractivity contribution >= 4 is 23.4 Å². The first-order valence-electron chi connectivity index (χ1n) is 9.79. The number of amides is 1. The fourth-order valence-electron chi connectivity index (χ4n) is 3.02. The van der Waals surface area contributed by atoms with Crippen LogP contribution < -0.4 is 30.2 Å². The molecule has 3 N–H and O–H groups in total. The molecule has 2 heterocycles. The summed E-state index contributed by atoms with van der Waals surface area (Å²) in [7, 11) is 1.63. The summed E-state index contributed by atoms with van der Waals surface area (Å²) >= 11 is 0. The molecule has 1 amide bonds. The molecule has 0 aliphatic carbocycles. The van der Waals surface area contributed by atoms with Crippen molar-refractivity contribution in [2.45, 2.75) is 6.92 Å². The number of carbonyl (C=O) groups excluding carboxylic acids is 1. The highest BCUT2D eigenvalue weighted by atomic mass is 16.7.